The molecule has 5 nitrogen and oxygen atoms in total. The number of piperazine rings is 1. The van der Waals surface area contributed by atoms with Crippen LogP contribution in [0.5, 0.6) is 5.75 Å². The number of hydrogen-bond donors (Lipinski definition) is 0. The van der Waals surface area contributed by atoms with Gasteiger partial charge in [-0.1, -0.05) is 6.92 Å². The van der Waals surface area contributed by atoms with Gasteiger partial charge in [0.05, 0.1) is 7.11 Å². The van der Waals surface area contributed by atoms with Gasteiger partial charge in [0.2, 0.25) is 0 Å². The van der Waals surface area contributed by atoms with E-state index >= 15 is 0 Å². The van der Waals surface area contributed by atoms with Crippen molar-refractivity contribution in [2.75, 3.05) is 51.0 Å². The normalized spacial score (nSPS) is 14.8. The summed E-state index contributed by atoms with van der Waals surface area (Å²) in [4.78, 5) is 14.4. The molecule has 1 aromatic heterocycles. The van der Waals surface area contributed by atoms with Crippen molar-refractivity contribution in [1.29, 1.82) is 0 Å². The molecule has 0 atom stereocenters. The van der Waals surface area contributed by atoms with Crippen LogP contribution in [-0.2, 0) is 0 Å². The summed E-state index contributed by atoms with van der Waals surface area (Å²) in [6.45, 7) is 6.35. The summed E-state index contributed by atoms with van der Waals surface area (Å²) in [7, 11) is 3.85. The number of anilines is 1. The van der Waals surface area contributed by atoms with Crippen LogP contribution < -0.4 is 22.0 Å². The number of thioether (sulfide) groups is 1. The van der Waals surface area contributed by atoms with Crippen molar-refractivity contribution in [3.05, 3.63) is 30.3 Å². The van der Waals surface area contributed by atoms with Gasteiger partial charge in [-0.05, 0) is 43.5 Å². The van der Waals surface area contributed by atoms with E-state index in [0.717, 1.165) is 66.3 Å². The summed E-state index contributed by atoms with van der Waals surface area (Å²) in [5.41, 5.74) is 1.02. The fourth-order valence-corrected chi connectivity index (χ4v) is 3.51. The van der Waals surface area contributed by atoms with Crippen LogP contribution in [-0.4, -0.2) is 61.0 Å². The van der Waals surface area contributed by atoms with E-state index in [9.17, 15) is 0 Å². The molecule has 0 bridgehead atoms. The van der Waals surface area contributed by atoms with Gasteiger partial charge in [0, 0.05) is 37.8 Å². The van der Waals surface area contributed by atoms with Gasteiger partial charge in [-0.3, -0.25) is 0 Å². The molecule has 0 spiro atoms. The van der Waals surface area contributed by atoms with E-state index in [-0.39, 0.29) is 12.4 Å². The molecule has 0 saturated carbocycles. The first-order valence-corrected chi connectivity index (χ1v) is 9.78. The highest BCUT2D eigenvalue weighted by molar-refractivity contribution is 7.99. The Morgan fingerprint density at radius 2 is 1.77 bits per heavy atom. The molecule has 2 heterocycles. The van der Waals surface area contributed by atoms with Crippen molar-refractivity contribution < 1.29 is 17.1 Å². The summed E-state index contributed by atoms with van der Waals surface area (Å²) >= 11 is 1.80. The summed E-state index contributed by atoms with van der Waals surface area (Å²) < 4.78 is 5.25. The minimum atomic E-state index is 0. The van der Waals surface area contributed by atoms with Crippen LogP contribution in [0.15, 0.2) is 35.4 Å². The number of hydrogen-bond acceptors (Lipinski definition) is 6. The van der Waals surface area contributed by atoms with Crippen LogP contribution in [0, 0.1) is 0 Å². The predicted molar refractivity (Wildman–Crippen MR) is 105 cm³/mol. The van der Waals surface area contributed by atoms with Crippen molar-refractivity contribution in [2.24, 2.45) is 0 Å². The molecular weight excluding hydrogens is 368 g/mol. The van der Waals surface area contributed by atoms with E-state index in [2.05, 4.69) is 29.8 Å². The van der Waals surface area contributed by atoms with Crippen molar-refractivity contribution in [1.82, 2.24) is 14.9 Å². The fraction of sp³-hybridized carbons (Fsp3) is 0.474. The maximum atomic E-state index is 5.25. The molecule has 0 N–H and O–H groups in total. The van der Waals surface area contributed by atoms with Crippen LogP contribution in [0.2, 0.25) is 0 Å². The third-order valence-electron chi connectivity index (χ3n) is 4.32. The molecule has 3 rings (SSSR count). The minimum absolute atomic E-state index is 0. The van der Waals surface area contributed by atoms with E-state index in [1.807, 2.05) is 24.3 Å². The molecule has 0 aliphatic carbocycles. The molecule has 2 aromatic rings. The highest BCUT2D eigenvalue weighted by Gasteiger charge is 2.17. The first-order chi connectivity index (χ1) is 12.2. The lowest BCUT2D eigenvalue weighted by Crippen LogP contribution is -3.00. The van der Waals surface area contributed by atoms with Gasteiger partial charge >= 0.3 is 0 Å². The van der Waals surface area contributed by atoms with E-state index in [0.29, 0.717) is 0 Å². The fourth-order valence-electron chi connectivity index (χ4n) is 2.76. The number of likely N-dealkylation sites (N-methyl/N-ethyl adjacent to an activating group) is 1. The Morgan fingerprint density at radius 3 is 2.38 bits per heavy atom. The number of ether oxygens (including phenoxy) is 1. The summed E-state index contributed by atoms with van der Waals surface area (Å²) in [5.74, 6) is 3.74. The average molecular weight is 394 g/mol. The molecule has 26 heavy (non-hydrogen) atoms. The molecule has 142 valence electrons. The first kappa shape index (κ1) is 20.8. The van der Waals surface area contributed by atoms with Crippen molar-refractivity contribution in [3.8, 4) is 17.1 Å². The van der Waals surface area contributed by atoms with Gasteiger partial charge in [-0.15, -0.1) is 11.8 Å². The molecule has 1 fully saturated rings. The lowest BCUT2D eigenvalue weighted by molar-refractivity contribution is -0.00000558. The second-order valence-corrected chi connectivity index (χ2v) is 7.37. The van der Waals surface area contributed by atoms with Gasteiger partial charge in [0.1, 0.15) is 16.6 Å². The maximum absolute atomic E-state index is 5.25. The monoisotopic (exact) mass is 393 g/mol. The topological polar surface area (TPSA) is 41.5 Å². The van der Waals surface area contributed by atoms with Crippen molar-refractivity contribution in [3.63, 3.8) is 0 Å². The van der Waals surface area contributed by atoms with Crippen molar-refractivity contribution >= 4 is 17.6 Å². The third kappa shape index (κ3) is 5.25. The van der Waals surface area contributed by atoms with Gasteiger partial charge in [0.15, 0.2) is 5.82 Å². The highest BCUT2D eigenvalue weighted by Crippen LogP contribution is 2.27. The zero-order valence-corrected chi connectivity index (χ0v) is 17.2. The molecular formula is C19H26ClN4OS-. The standard InChI is InChI=1S/C19H26N4OS.ClH/c1-4-13-25-18-14-17(23-11-9-22(2)10-12-23)20-19(21-18)15-5-7-16(24-3)8-6-15;/h5-8,14H,4,9-13H2,1-3H3;1H/p-1. The quantitative estimate of drug-likeness (QED) is 0.523. The van der Waals surface area contributed by atoms with E-state index in [4.69, 9.17) is 14.7 Å². The minimum Gasteiger partial charge on any atom is -1.00 e. The van der Waals surface area contributed by atoms with E-state index in [1.165, 1.54) is 0 Å². The number of halogens is 1. The van der Waals surface area contributed by atoms with Crippen LogP contribution in [0.3, 0.4) is 0 Å². The summed E-state index contributed by atoms with van der Waals surface area (Å²) in [5, 5.41) is 1.05. The highest BCUT2D eigenvalue weighted by atomic mass is 35.5. The van der Waals surface area contributed by atoms with E-state index < -0.39 is 0 Å². The van der Waals surface area contributed by atoms with Gasteiger partial charge in [-0.2, -0.15) is 0 Å². The number of methoxy groups -OCH3 is 1. The molecule has 7 heteroatoms. The van der Waals surface area contributed by atoms with Gasteiger partial charge in [-0.25, -0.2) is 9.97 Å². The zero-order chi connectivity index (χ0) is 17.6. The van der Waals surface area contributed by atoms with Gasteiger partial charge in [0.25, 0.3) is 0 Å². The Kier molecular flexibility index (Phi) is 8.00. The van der Waals surface area contributed by atoms with Crippen LogP contribution >= 0.6 is 11.8 Å². The molecule has 1 aromatic carbocycles. The molecule has 1 aliphatic rings. The number of benzene rings is 1. The van der Waals surface area contributed by atoms with Crippen LogP contribution in [0.1, 0.15) is 13.3 Å². The zero-order valence-electron chi connectivity index (χ0n) is 15.6. The Bertz CT molecular complexity index is 690. The first-order valence-electron chi connectivity index (χ1n) is 8.79. The van der Waals surface area contributed by atoms with E-state index in [1.54, 1.807) is 18.9 Å². The molecule has 1 saturated heterocycles. The lowest BCUT2D eigenvalue weighted by atomic mass is 10.2. The number of nitrogens with zero attached hydrogens (tertiary/aromatic N) is 4. The number of rotatable bonds is 6. The Balaban J connectivity index is 0.00000243. The molecule has 0 unspecified atom stereocenters. The molecule has 0 amide bonds. The Morgan fingerprint density at radius 1 is 1.08 bits per heavy atom. The largest absolute Gasteiger partial charge is 1.00 e. The summed E-state index contributed by atoms with van der Waals surface area (Å²) in [6.07, 6.45) is 1.14. The Hall–Kier alpha value is -1.50. The average Bonchev–Trinajstić information content (AvgIpc) is 2.67. The maximum Gasteiger partial charge on any atom is 0.162 e. The second-order valence-electron chi connectivity index (χ2n) is 6.26. The second kappa shape index (κ2) is 10.00. The molecule has 1 aliphatic heterocycles. The predicted octanol–water partition coefficient (Wildman–Crippen LogP) is 0.410. The molecule has 0 radical (unpaired) electrons. The smallest absolute Gasteiger partial charge is 0.162 e. The van der Waals surface area contributed by atoms with Gasteiger partial charge < -0.3 is 26.9 Å². The Labute approximate surface area is 166 Å². The SMILES string of the molecule is CCCSc1cc(N2CCN(C)CC2)nc(-c2ccc(OC)cc2)n1.[Cl-]. The third-order valence-corrected chi connectivity index (χ3v) is 5.44. The number of aromatic nitrogens is 2. The summed E-state index contributed by atoms with van der Waals surface area (Å²) in [6, 6.07) is 10.1. The van der Waals surface area contributed by atoms with Crippen LogP contribution in [0.25, 0.3) is 11.4 Å². The van der Waals surface area contributed by atoms with Crippen molar-refractivity contribution in [2.45, 2.75) is 18.4 Å². The lowest BCUT2D eigenvalue weighted by Gasteiger charge is -2.33. The van der Waals surface area contributed by atoms with Crippen LogP contribution in [0.4, 0.5) is 5.82 Å².